The molecule has 1 aromatic heterocycles. The highest BCUT2D eigenvalue weighted by Crippen LogP contribution is 2.31. The Morgan fingerprint density at radius 3 is 3.00 bits per heavy atom. The van der Waals surface area contributed by atoms with E-state index < -0.39 is 5.60 Å². The summed E-state index contributed by atoms with van der Waals surface area (Å²) in [6, 6.07) is 2.65. The lowest BCUT2D eigenvalue weighted by molar-refractivity contribution is 0.0224. The van der Waals surface area contributed by atoms with E-state index in [-0.39, 0.29) is 12.1 Å². The van der Waals surface area contributed by atoms with Crippen LogP contribution in [0, 0.1) is 0 Å². The van der Waals surface area contributed by atoms with Gasteiger partial charge in [-0.15, -0.1) is 0 Å². The second-order valence-electron chi connectivity index (χ2n) is 7.62. The number of carbonyl (C=O) groups excluding carboxylic acids is 1. The number of ether oxygens (including phenoxy) is 1. The number of nitrogens with zero attached hydrogens (tertiary/aromatic N) is 1. The molecule has 0 radical (unpaired) electrons. The van der Waals surface area contributed by atoms with Crippen LogP contribution in [0.3, 0.4) is 0 Å². The zero-order valence-corrected chi connectivity index (χ0v) is 14.4. The number of amides is 1. The largest absolute Gasteiger partial charge is 0.469 e. The van der Waals surface area contributed by atoms with Gasteiger partial charge in [-0.25, -0.2) is 4.79 Å². The molecule has 1 aliphatic heterocycles. The monoisotopic (exact) mass is 320 g/mol. The summed E-state index contributed by atoms with van der Waals surface area (Å²) in [6.45, 7) is 7.35. The molecule has 1 fully saturated rings. The maximum absolute atomic E-state index is 12.3. The minimum absolute atomic E-state index is 0.186. The third-order valence-electron chi connectivity index (χ3n) is 4.66. The van der Waals surface area contributed by atoms with Gasteiger partial charge in [0.05, 0.1) is 6.26 Å². The number of rotatable bonds is 3. The molecule has 2 unspecified atom stereocenters. The van der Waals surface area contributed by atoms with Crippen molar-refractivity contribution >= 4 is 6.09 Å². The van der Waals surface area contributed by atoms with Crippen LogP contribution in [-0.4, -0.2) is 35.7 Å². The Morgan fingerprint density at radius 1 is 1.39 bits per heavy atom. The average Bonchev–Trinajstić information content (AvgIpc) is 3.12. The fraction of sp³-hybridized carbons (Fsp3) is 0.722. The van der Waals surface area contributed by atoms with E-state index in [1.165, 1.54) is 5.56 Å². The lowest BCUT2D eigenvalue weighted by Crippen LogP contribution is -2.44. The molecule has 1 aliphatic carbocycles. The molecule has 23 heavy (non-hydrogen) atoms. The van der Waals surface area contributed by atoms with Crippen LogP contribution in [0.5, 0.6) is 0 Å². The van der Waals surface area contributed by atoms with E-state index in [0.29, 0.717) is 6.04 Å². The molecule has 1 saturated heterocycles. The van der Waals surface area contributed by atoms with E-state index in [2.05, 4.69) is 11.4 Å². The zero-order chi connectivity index (χ0) is 16.4. The summed E-state index contributed by atoms with van der Waals surface area (Å²) in [4.78, 5) is 14.2. The molecule has 1 N–H and O–H groups in total. The number of nitrogens with one attached hydrogen (secondary N) is 1. The smallest absolute Gasteiger partial charge is 0.410 e. The van der Waals surface area contributed by atoms with Crippen molar-refractivity contribution in [2.45, 2.75) is 70.6 Å². The van der Waals surface area contributed by atoms with Crippen molar-refractivity contribution in [3.63, 3.8) is 0 Å². The van der Waals surface area contributed by atoms with Gasteiger partial charge >= 0.3 is 6.09 Å². The molecular weight excluding hydrogens is 292 g/mol. The average molecular weight is 320 g/mol. The molecule has 128 valence electrons. The Kier molecular flexibility index (Phi) is 4.67. The lowest BCUT2D eigenvalue weighted by Gasteiger charge is -2.30. The van der Waals surface area contributed by atoms with Crippen LogP contribution in [0.2, 0.25) is 0 Å². The van der Waals surface area contributed by atoms with Gasteiger partial charge in [-0.1, -0.05) is 0 Å². The number of carbonyl (C=O) groups is 1. The van der Waals surface area contributed by atoms with Gasteiger partial charge in [0.2, 0.25) is 0 Å². The molecule has 0 bridgehead atoms. The summed E-state index contributed by atoms with van der Waals surface area (Å²) < 4.78 is 11.1. The van der Waals surface area contributed by atoms with Crippen LogP contribution in [0.15, 0.2) is 16.7 Å². The minimum Gasteiger partial charge on any atom is -0.469 e. The van der Waals surface area contributed by atoms with Crippen molar-refractivity contribution in [1.82, 2.24) is 10.2 Å². The molecule has 1 amide bonds. The van der Waals surface area contributed by atoms with E-state index in [1.54, 1.807) is 6.26 Å². The first-order valence-electron chi connectivity index (χ1n) is 8.73. The van der Waals surface area contributed by atoms with E-state index >= 15 is 0 Å². The maximum atomic E-state index is 12.3. The predicted molar refractivity (Wildman–Crippen MR) is 88.4 cm³/mol. The van der Waals surface area contributed by atoms with Crippen LogP contribution in [-0.2, 0) is 11.2 Å². The first-order valence-corrected chi connectivity index (χ1v) is 8.73. The van der Waals surface area contributed by atoms with Crippen LogP contribution in [0.1, 0.15) is 63.8 Å². The normalized spacial score (nSPS) is 24.6. The van der Waals surface area contributed by atoms with E-state index in [0.717, 1.165) is 51.0 Å². The Bertz CT molecular complexity index is 547. The van der Waals surface area contributed by atoms with Crippen LogP contribution in [0.25, 0.3) is 0 Å². The summed E-state index contributed by atoms with van der Waals surface area (Å²) in [5, 5.41) is 3.64. The molecule has 5 nitrogen and oxygen atoms in total. The summed E-state index contributed by atoms with van der Waals surface area (Å²) in [6.07, 6.45) is 7.00. The predicted octanol–water partition coefficient (Wildman–Crippen LogP) is 3.65. The molecular formula is C18H28N2O3. The third-order valence-corrected chi connectivity index (χ3v) is 4.66. The number of fused-ring (bicyclic) bond motifs is 1. The first kappa shape index (κ1) is 16.4. The van der Waals surface area contributed by atoms with Gasteiger partial charge < -0.3 is 19.4 Å². The molecule has 5 heteroatoms. The van der Waals surface area contributed by atoms with Crippen molar-refractivity contribution in [3.8, 4) is 0 Å². The molecule has 2 heterocycles. The number of hydrogen-bond acceptors (Lipinski definition) is 4. The van der Waals surface area contributed by atoms with Gasteiger partial charge in [0.25, 0.3) is 0 Å². The SMILES string of the molecule is CC(C)(C)OC(=O)N1CCCC1CNC1CCCc2occc21. The van der Waals surface area contributed by atoms with E-state index in [9.17, 15) is 4.79 Å². The first-order chi connectivity index (χ1) is 10.9. The maximum Gasteiger partial charge on any atom is 0.410 e. The van der Waals surface area contributed by atoms with Crippen molar-refractivity contribution < 1.29 is 13.9 Å². The van der Waals surface area contributed by atoms with Crippen LogP contribution >= 0.6 is 0 Å². The molecule has 2 aliphatic rings. The van der Waals surface area contributed by atoms with E-state index in [4.69, 9.17) is 9.15 Å². The topological polar surface area (TPSA) is 54.7 Å². The van der Waals surface area contributed by atoms with Crippen molar-refractivity contribution in [2.75, 3.05) is 13.1 Å². The standard InChI is InChI=1S/C18H28N2O3/c1-18(2,3)23-17(21)20-10-5-6-13(20)12-19-15-7-4-8-16-14(15)9-11-22-16/h9,11,13,15,19H,4-8,10,12H2,1-3H3. The summed E-state index contributed by atoms with van der Waals surface area (Å²) in [7, 11) is 0. The third kappa shape index (κ3) is 3.89. The van der Waals surface area contributed by atoms with Gasteiger partial charge in [-0.2, -0.15) is 0 Å². The van der Waals surface area contributed by atoms with Gasteiger partial charge in [0, 0.05) is 37.2 Å². The van der Waals surface area contributed by atoms with Crippen LogP contribution in [0.4, 0.5) is 4.79 Å². The number of likely N-dealkylation sites (tertiary alicyclic amines) is 1. The molecule has 0 aromatic carbocycles. The molecule has 2 atom stereocenters. The minimum atomic E-state index is -0.438. The Balaban J connectivity index is 1.57. The fourth-order valence-corrected chi connectivity index (χ4v) is 3.59. The highest BCUT2D eigenvalue weighted by molar-refractivity contribution is 5.69. The van der Waals surface area contributed by atoms with Gasteiger partial charge in [0.15, 0.2) is 0 Å². The second-order valence-corrected chi connectivity index (χ2v) is 7.62. The Morgan fingerprint density at radius 2 is 2.22 bits per heavy atom. The molecule has 3 rings (SSSR count). The number of furan rings is 1. The van der Waals surface area contributed by atoms with Gasteiger partial charge in [0.1, 0.15) is 11.4 Å². The number of hydrogen-bond donors (Lipinski definition) is 1. The zero-order valence-electron chi connectivity index (χ0n) is 14.4. The summed E-state index contributed by atoms with van der Waals surface area (Å²) in [5.74, 6) is 1.11. The highest BCUT2D eigenvalue weighted by atomic mass is 16.6. The number of aryl methyl sites for hydroxylation is 1. The molecule has 0 saturated carbocycles. The second kappa shape index (κ2) is 6.56. The van der Waals surface area contributed by atoms with Crippen molar-refractivity contribution in [3.05, 3.63) is 23.7 Å². The lowest BCUT2D eigenvalue weighted by atomic mass is 9.93. The summed E-state index contributed by atoms with van der Waals surface area (Å²) in [5.41, 5.74) is 0.852. The Labute approximate surface area is 138 Å². The van der Waals surface area contributed by atoms with Crippen molar-refractivity contribution in [2.24, 2.45) is 0 Å². The Hall–Kier alpha value is -1.49. The van der Waals surface area contributed by atoms with Crippen LogP contribution < -0.4 is 5.32 Å². The highest BCUT2D eigenvalue weighted by Gasteiger charge is 2.33. The van der Waals surface area contributed by atoms with E-state index in [1.807, 2.05) is 25.7 Å². The van der Waals surface area contributed by atoms with Crippen molar-refractivity contribution in [1.29, 1.82) is 0 Å². The summed E-state index contributed by atoms with van der Waals surface area (Å²) >= 11 is 0. The molecule has 1 aromatic rings. The quantitative estimate of drug-likeness (QED) is 0.923. The molecule has 0 spiro atoms. The van der Waals surface area contributed by atoms with Gasteiger partial charge in [-0.3, -0.25) is 0 Å². The van der Waals surface area contributed by atoms with Gasteiger partial charge in [-0.05, 0) is 52.5 Å². The fourth-order valence-electron chi connectivity index (χ4n) is 3.59.